The summed E-state index contributed by atoms with van der Waals surface area (Å²) in [5.74, 6) is -0.250. The summed E-state index contributed by atoms with van der Waals surface area (Å²) in [4.78, 5) is 15.4. The van der Waals surface area contributed by atoms with Gasteiger partial charge in [-0.2, -0.15) is 0 Å². The summed E-state index contributed by atoms with van der Waals surface area (Å²) in [6.45, 7) is 3.39. The molecule has 1 amide bonds. The Kier molecular flexibility index (Phi) is 3.71. The van der Waals surface area contributed by atoms with E-state index in [-0.39, 0.29) is 5.91 Å². The second-order valence-corrected chi connectivity index (χ2v) is 5.02. The van der Waals surface area contributed by atoms with Crippen LogP contribution in [-0.4, -0.2) is 10.9 Å². The lowest BCUT2D eigenvalue weighted by Gasteiger charge is -1.97. The number of anilines is 1. The molecular formula is C12H9BrN2OS. The fraction of sp³-hybridized carbons (Fsp3) is 0. The predicted octanol–water partition coefficient (Wildman–Crippen LogP) is 3.70. The SMILES string of the molecule is C=CC(=O)Nc1nc(-c2cccc(Br)c2)cs1. The van der Waals surface area contributed by atoms with Gasteiger partial charge in [0.25, 0.3) is 0 Å². The number of nitrogens with zero attached hydrogens (tertiary/aromatic N) is 1. The minimum atomic E-state index is -0.250. The Morgan fingerprint density at radius 1 is 1.53 bits per heavy atom. The maximum absolute atomic E-state index is 11.1. The average molecular weight is 309 g/mol. The van der Waals surface area contributed by atoms with Gasteiger partial charge in [0.05, 0.1) is 5.69 Å². The van der Waals surface area contributed by atoms with Gasteiger partial charge in [0.15, 0.2) is 5.13 Å². The molecule has 1 N–H and O–H groups in total. The summed E-state index contributed by atoms with van der Waals surface area (Å²) in [7, 11) is 0. The lowest BCUT2D eigenvalue weighted by Crippen LogP contribution is -2.06. The van der Waals surface area contributed by atoms with Crippen LogP contribution in [0.2, 0.25) is 0 Å². The van der Waals surface area contributed by atoms with E-state index in [1.165, 1.54) is 17.4 Å². The molecule has 1 aromatic carbocycles. The normalized spacial score (nSPS) is 9.94. The van der Waals surface area contributed by atoms with Gasteiger partial charge in [0.1, 0.15) is 0 Å². The molecule has 0 unspecified atom stereocenters. The fourth-order valence-electron chi connectivity index (χ4n) is 1.27. The highest BCUT2D eigenvalue weighted by atomic mass is 79.9. The van der Waals surface area contributed by atoms with E-state index in [1.807, 2.05) is 29.6 Å². The van der Waals surface area contributed by atoms with E-state index in [2.05, 4.69) is 32.8 Å². The van der Waals surface area contributed by atoms with Crippen molar-refractivity contribution in [3.63, 3.8) is 0 Å². The topological polar surface area (TPSA) is 42.0 Å². The van der Waals surface area contributed by atoms with Crippen molar-refractivity contribution in [1.29, 1.82) is 0 Å². The summed E-state index contributed by atoms with van der Waals surface area (Å²) in [5, 5.41) is 5.11. The van der Waals surface area contributed by atoms with Crippen LogP contribution < -0.4 is 5.32 Å². The van der Waals surface area contributed by atoms with Crippen molar-refractivity contribution in [2.45, 2.75) is 0 Å². The molecule has 0 spiro atoms. The molecule has 2 aromatic rings. The third-order valence-corrected chi connectivity index (χ3v) is 3.29. The molecule has 17 heavy (non-hydrogen) atoms. The number of halogens is 1. The second kappa shape index (κ2) is 5.25. The van der Waals surface area contributed by atoms with Crippen LogP contribution in [-0.2, 0) is 4.79 Å². The molecule has 0 radical (unpaired) electrons. The highest BCUT2D eigenvalue weighted by Crippen LogP contribution is 2.26. The zero-order valence-corrected chi connectivity index (χ0v) is 11.2. The van der Waals surface area contributed by atoms with E-state index in [0.29, 0.717) is 5.13 Å². The van der Waals surface area contributed by atoms with Crippen LogP contribution in [0.5, 0.6) is 0 Å². The van der Waals surface area contributed by atoms with Gasteiger partial charge < -0.3 is 0 Å². The number of nitrogens with one attached hydrogen (secondary N) is 1. The van der Waals surface area contributed by atoms with Crippen LogP contribution >= 0.6 is 27.3 Å². The molecule has 5 heteroatoms. The van der Waals surface area contributed by atoms with Crippen LogP contribution in [0.15, 0.2) is 46.8 Å². The maximum atomic E-state index is 11.1. The number of aromatic nitrogens is 1. The lowest BCUT2D eigenvalue weighted by atomic mass is 10.2. The molecule has 0 aliphatic heterocycles. The first-order valence-electron chi connectivity index (χ1n) is 4.84. The Hall–Kier alpha value is -1.46. The number of carbonyl (C=O) groups is 1. The minimum absolute atomic E-state index is 0.250. The maximum Gasteiger partial charge on any atom is 0.249 e. The Balaban J connectivity index is 2.23. The van der Waals surface area contributed by atoms with Gasteiger partial charge in [-0.15, -0.1) is 11.3 Å². The first kappa shape index (κ1) is 12.0. The summed E-state index contributed by atoms with van der Waals surface area (Å²) in [6.07, 6.45) is 1.22. The molecule has 1 heterocycles. The Bertz CT molecular complexity index is 565. The number of hydrogen-bond donors (Lipinski definition) is 1. The molecule has 3 nitrogen and oxygen atoms in total. The molecular weight excluding hydrogens is 300 g/mol. The number of amides is 1. The van der Waals surface area contributed by atoms with Crippen LogP contribution in [0.4, 0.5) is 5.13 Å². The highest BCUT2D eigenvalue weighted by Gasteiger charge is 2.06. The molecule has 0 fully saturated rings. The minimum Gasteiger partial charge on any atom is -0.298 e. The van der Waals surface area contributed by atoms with Crippen LogP contribution in [0.3, 0.4) is 0 Å². The Morgan fingerprint density at radius 3 is 3.06 bits per heavy atom. The summed E-state index contributed by atoms with van der Waals surface area (Å²) >= 11 is 4.80. The third kappa shape index (κ3) is 3.01. The largest absolute Gasteiger partial charge is 0.298 e. The second-order valence-electron chi connectivity index (χ2n) is 3.24. The average Bonchev–Trinajstić information content (AvgIpc) is 2.77. The van der Waals surface area contributed by atoms with E-state index in [0.717, 1.165) is 15.7 Å². The monoisotopic (exact) mass is 308 g/mol. The van der Waals surface area contributed by atoms with Gasteiger partial charge in [-0.05, 0) is 18.2 Å². The number of carbonyl (C=O) groups excluding carboxylic acids is 1. The van der Waals surface area contributed by atoms with Crippen molar-refractivity contribution in [3.05, 3.63) is 46.8 Å². The van der Waals surface area contributed by atoms with E-state index in [4.69, 9.17) is 0 Å². The smallest absolute Gasteiger partial charge is 0.249 e. The van der Waals surface area contributed by atoms with Gasteiger partial charge in [0.2, 0.25) is 5.91 Å². The molecule has 0 aliphatic rings. The molecule has 86 valence electrons. The van der Waals surface area contributed by atoms with Gasteiger partial charge >= 0.3 is 0 Å². The van der Waals surface area contributed by atoms with Gasteiger partial charge in [-0.25, -0.2) is 4.98 Å². The van der Waals surface area contributed by atoms with Crippen LogP contribution in [0.25, 0.3) is 11.3 Å². The van der Waals surface area contributed by atoms with E-state index < -0.39 is 0 Å². The molecule has 0 aliphatic carbocycles. The van der Waals surface area contributed by atoms with Crippen molar-refractivity contribution >= 4 is 38.3 Å². The fourth-order valence-corrected chi connectivity index (χ4v) is 2.39. The highest BCUT2D eigenvalue weighted by molar-refractivity contribution is 9.10. The molecule has 0 saturated carbocycles. The molecule has 2 rings (SSSR count). The van der Waals surface area contributed by atoms with Crippen molar-refractivity contribution < 1.29 is 4.79 Å². The van der Waals surface area contributed by atoms with Crippen molar-refractivity contribution in [3.8, 4) is 11.3 Å². The predicted molar refractivity (Wildman–Crippen MR) is 74.1 cm³/mol. The summed E-state index contributed by atoms with van der Waals surface area (Å²) in [5.41, 5.74) is 1.85. The first-order chi connectivity index (χ1) is 8.19. The number of rotatable bonds is 3. The third-order valence-electron chi connectivity index (χ3n) is 2.04. The standard InChI is InChI=1S/C12H9BrN2OS/c1-2-11(16)15-12-14-10(7-17-12)8-4-3-5-9(13)6-8/h2-7H,1H2,(H,14,15,16). The van der Waals surface area contributed by atoms with Gasteiger partial charge in [-0.1, -0.05) is 34.6 Å². The Labute approximate surface area is 111 Å². The number of thiazole rings is 1. The van der Waals surface area contributed by atoms with Crippen molar-refractivity contribution in [1.82, 2.24) is 4.98 Å². The molecule has 0 saturated heterocycles. The Morgan fingerprint density at radius 2 is 2.35 bits per heavy atom. The number of benzene rings is 1. The van der Waals surface area contributed by atoms with E-state index >= 15 is 0 Å². The molecule has 1 aromatic heterocycles. The molecule has 0 atom stereocenters. The molecule has 0 bridgehead atoms. The van der Waals surface area contributed by atoms with Crippen LogP contribution in [0, 0.1) is 0 Å². The zero-order valence-electron chi connectivity index (χ0n) is 8.81. The first-order valence-corrected chi connectivity index (χ1v) is 6.51. The van der Waals surface area contributed by atoms with E-state index in [1.54, 1.807) is 0 Å². The van der Waals surface area contributed by atoms with Gasteiger partial charge in [0, 0.05) is 15.4 Å². The summed E-state index contributed by atoms with van der Waals surface area (Å²) in [6, 6.07) is 7.85. The summed E-state index contributed by atoms with van der Waals surface area (Å²) < 4.78 is 1.000. The van der Waals surface area contributed by atoms with Crippen molar-refractivity contribution in [2.24, 2.45) is 0 Å². The quantitative estimate of drug-likeness (QED) is 0.879. The van der Waals surface area contributed by atoms with Gasteiger partial charge in [-0.3, -0.25) is 10.1 Å². The van der Waals surface area contributed by atoms with E-state index in [9.17, 15) is 4.79 Å². The number of hydrogen-bond acceptors (Lipinski definition) is 3. The zero-order chi connectivity index (χ0) is 12.3. The van der Waals surface area contributed by atoms with Crippen LogP contribution in [0.1, 0.15) is 0 Å². The van der Waals surface area contributed by atoms with Crippen molar-refractivity contribution in [2.75, 3.05) is 5.32 Å². The lowest BCUT2D eigenvalue weighted by molar-refractivity contribution is -0.111.